The van der Waals surface area contributed by atoms with Crippen molar-refractivity contribution in [1.29, 1.82) is 5.26 Å². The lowest BCUT2D eigenvalue weighted by atomic mass is 10.1. The van der Waals surface area contributed by atoms with Crippen molar-refractivity contribution in [3.05, 3.63) is 47.7 Å². The molecule has 4 aromatic rings. The van der Waals surface area contributed by atoms with Crippen molar-refractivity contribution in [2.45, 2.75) is 20.4 Å². The number of aromatic nitrogens is 4. The van der Waals surface area contributed by atoms with Gasteiger partial charge in [0.15, 0.2) is 5.82 Å². The molecule has 0 unspecified atom stereocenters. The van der Waals surface area contributed by atoms with Gasteiger partial charge >= 0.3 is 5.97 Å². The number of esters is 1. The summed E-state index contributed by atoms with van der Waals surface area (Å²) in [5.74, 6) is 0.257. The van der Waals surface area contributed by atoms with E-state index in [1.165, 1.54) is 0 Å². The maximum Gasteiger partial charge on any atom is 0.338 e. The quantitative estimate of drug-likeness (QED) is 0.510. The number of aryl methyl sites for hydroxylation is 2. The maximum absolute atomic E-state index is 12.2. The molecule has 0 saturated carbocycles. The smallest absolute Gasteiger partial charge is 0.338 e. The number of ether oxygens (including phenoxy) is 1. The van der Waals surface area contributed by atoms with Crippen molar-refractivity contribution in [3.8, 4) is 17.6 Å². The van der Waals surface area contributed by atoms with E-state index in [9.17, 15) is 10.1 Å². The summed E-state index contributed by atoms with van der Waals surface area (Å²) in [6, 6.07) is 11.4. The van der Waals surface area contributed by atoms with Crippen molar-refractivity contribution in [3.63, 3.8) is 0 Å². The Bertz CT molecular complexity index is 1260. The zero-order valence-electron chi connectivity index (χ0n) is 15.9. The molecule has 28 heavy (non-hydrogen) atoms. The molecule has 0 fully saturated rings. The molecule has 7 heteroatoms. The minimum Gasteiger partial charge on any atom is -0.462 e. The van der Waals surface area contributed by atoms with Crippen LogP contribution >= 0.6 is 0 Å². The summed E-state index contributed by atoms with van der Waals surface area (Å²) in [7, 11) is 1.88. The fourth-order valence-corrected chi connectivity index (χ4v) is 3.59. The highest BCUT2D eigenvalue weighted by atomic mass is 16.5. The molecule has 0 spiro atoms. The Morgan fingerprint density at radius 3 is 2.82 bits per heavy atom. The summed E-state index contributed by atoms with van der Waals surface area (Å²) < 4.78 is 9.06. The third-order valence-corrected chi connectivity index (χ3v) is 4.80. The zero-order chi connectivity index (χ0) is 19.8. The topological polar surface area (TPSA) is 85.7 Å². The average Bonchev–Trinajstić information content (AvgIpc) is 3.24. The summed E-state index contributed by atoms with van der Waals surface area (Å²) in [4.78, 5) is 21.4. The summed E-state index contributed by atoms with van der Waals surface area (Å²) in [5.41, 5.74) is 3.79. The Morgan fingerprint density at radius 1 is 1.29 bits per heavy atom. The third kappa shape index (κ3) is 2.62. The van der Waals surface area contributed by atoms with Crippen LogP contribution < -0.4 is 0 Å². The molecule has 3 heterocycles. The number of carbonyl (C=O) groups excluding carboxylic acids is 1. The number of benzene rings is 1. The van der Waals surface area contributed by atoms with Crippen LogP contribution in [-0.2, 0) is 18.3 Å². The van der Waals surface area contributed by atoms with Gasteiger partial charge in [-0.3, -0.25) is 0 Å². The SMILES string of the molecule is CCOC(=O)c1cc(C#N)c2c(c1)nc(-c1cc3cccnc3n1CC)n2C. The standard InChI is InChI=1S/C21H19N5O2/c1-4-26-17(11-13-7-6-8-23-19(13)26)20-24-16-10-14(21(27)28-5-2)9-15(12-22)18(16)25(20)3/h6-11H,4-5H2,1-3H3. The molecule has 0 N–H and O–H groups in total. The van der Waals surface area contributed by atoms with E-state index >= 15 is 0 Å². The van der Waals surface area contributed by atoms with Gasteiger partial charge in [-0.25, -0.2) is 14.8 Å². The van der Waals surface area contributed by atoms with Gasteiger partial charge in [0.05, 0.1) is 34.5 Å². The van der Waals surface area contributed by atoms with Crippen LogP contribution in [0.3, 0.4) is 0 Å². The molecule has 0 bridgehead atoms. The Hall–Kier alpha value is -3.66. The molecular formula is C21H19N5O2. The van der Waals surface area contributed by atoms with E-state index in [1.54, 1.807) is 25.3 Å². The largest absolute Gasteiger partial charge is 0.462 e. The van der Waals surface area contributed by atoms with Crippen LogP contribution in [0.1, 0.15) is 29.8 Å². The first-order valence-electron chi connectivity index (χ1n) is 9.11. The molecule has 140 valence electrons. The van der Waals surface area contributed by atoms with E-state index in [4.69, 9.17) is 9.72 Å². The molecule has 3 aromatic heterocycles. The Kier molecular flexibility index (Phi) is 4.32. The Morgan fingerprint density at radius 2 is 2.11 bits per heavy atom. The van der Waals surface area contributed by atoms with Gasteiger partial charge in [-0.15, -0.1) is 0 Å². The van der Waals surface area contributed by atoms with Gasteiger partial charge in [-0.2, -0.15) is 5.26 Å². The minimum atomic E-state index is -0.458. The lowest BCUT2D eigenvalue weighted by molar-refractivity contribution is 0.0526. The molecule has 0 saturated heterocycles. The van der Waals surface area contributed by atoms with Crippen LogP contribution in [0, 0.1) is 11.3 Å². The fourth-order valence-electron chi connectivity index (χ4n) is 3.59. The molecule has 1 aromatic carbocycles. The minimum absolute atomic E-state index is 0.274. The van der Waals surface area contributed by atoms with Gasteiger partial charge in [-0.1, -0.05) is 0 Å². The van der Waals surface area contributed by atoms with Gasteiger partial charge in [0.1, 0.15) is 11.7 Å². The average molecular weight is 373 g/mol. The Labute approximate surface area is 161 Å². The number of rotatable bonds is 4. The van der Waals surface area contributed by atoms with Crippen LogP contribution in [0.25, 0.3) is 33.6 Å². The third-order valence-electron chi connectivity index (χ3n) is 4.80. The lowest BCUT2D eigenvalue weighted by Crippen LogP contribution is -2.05. The van der Waals surface area contributed by atoms with E-state index in [0.29, 0.717) is 28.0 Å². The van der Waals surface area contributed by atoms with Crippen LogP contribution in [0.4, 0.5) is 0 Å². The summed E-state index contributed by atoms with van der Waals surface area (Å²) >= 11 is 0. The van der Waals surface area contributed by atoms with Gasteiger partial charge in [0.2, 0.25) is 0 Å². The number of nitrogens with zero attached hydrogens (tertiary/aromatic N) is 5. The van der Waals surface area contributed by atoms with Crippen LogP contribution in [0.2, 0.25) is 0 Å². The number of fused-ring (bicyclic) bond motifs is 2. The highest BCUT2D eigenvalue weighted by Crippen LogP contribution is 2.30. The molecule has 0 aliphatic carbocycles. The molecule has 4 rings (SSSR count). The molecule has 0 atom stereocenters. The number of hydrogen-bond donors (Lipinski definition) is 0. The summed E-state index contributed by atoms with van der Waals surface area (Å²) in [5, 5.41) is 10.7. The first-order chi connectivity index (χ1) is 13.6. The van der Waals surface area contributed by atoms with Crippen molar-refractivity contribution in [1.82, 2.24) is 19.1 Å². The van der Waals surface area contributed by atoms with E-state index in [2.05, 4.69) is 22.5 Å². The zero-order valence-corrected chi connectivity index (χ0v) is 15.9. The predicted octanol–water partition coefficient (Wildman–Crippen LogP) is 3.66. The van der Waals surface area contributed by atoms with Gasteiger partial charge in [0.25, 0.3) is 0 Å². The number of nitriles is 1. The van der Waals surface area contributed by atoms with E-state index < -0.39 is 5.97 Å². The highest BCUT2D eigenvalue weighted by molar-refractivity contribution is 5.97. The van der Waals surface area contributed by atoms with Crippen molar-refractivity contribution in [2.75, 3.05) is 6.61 Å². The van der Waals surface area contributed by atoms with E-state index in [0.717, 1.165) is 23.3 Å². The number of hydrogen-bond acceptors (Lipinski definition) is 5. The molecular weight excluding hydrogens is 354 g/mol. The maximum atomic E-state index is 12.2. The van der Waals surface area contributed by atoms with Gasteiger partial charge in [0, 0.05) is 25.2 Å². The molecule has 0 aliphatic rings. The molecule has 0 aliphatic heterocycles. The predicted molar refractivity (Wildman–Crippen MR) is 106 cm³/mol. The van der Waals surface area contributed by atoms with Crippen LogP contribution in [-0.4, -0.2) is 31.7 Å². The first-order valence-corrected chi connectivity index (χ1v) is 9.11. The van der Waals surface area contributed by atoms with E-state index in [-0.39, 0.29) is 6.61 Å². The van der Waals surface area contributed by atoms with Crippen LogP contribution in [0.15, 0.2) is 36.5 Å². The number of pyridine rings is 1. The first kappa shape index (κ1) is 17.7. The molecule has 7 nitrogen and oxygen atoms in total. The summed E-state index contributed by atoms with van der Waals surface area (Å²) in [6.07, 6.45) is 1.77. The normalized spacial score (nSPS) is 11.1. The monoisotopic (exact) mass is 373 g/mol. The lowest BCUT2D eigenvalue weighted by Gasteiger charge is -2.08. The van der Waals surface area contributed by atoms with Crippen molar-refractivity contribution in [2.24, 2.45) is 7.05 Å². The second kappa shape index (κ2) is 6.82. The number of carbonyl (C=O) groups is 1. The van der Waals surface area contributed by atoms with Gasteiger partial charge in [-0.05, 0) is 44.2 Å². The highest BCUT2D eigenvalue weighted by Gasteiger charge is 2.20. The molecule has 0 radical (unpaired) electrons. The summed E-state index contributed by atoms with van der Waals surface area (Å²) in [6.45, 7) is 4.81. The van der Waals surface area contributed by atoms with Crippen molar-refractivity contribution >= 4 is 28.0 Å². The Balaban J connectivity index is 1.98. The van der Waals surface area contributed by atoms with Crippen molar-refractivity contribution < 1.29 is 9.53 Å². The number of imidazole rings is 1. The van der Waals surface area contributed by atoms with Crippen LogP contribution in [0.5, 0.6) is 0 Å². The van der Waals surface area contributed by atoms with Gasteiger partial charge < -0.3 is 13.9 Å². The second-order valence-electron chi connectivity index (χ2n) is 6.41. The molecule has 0 amide bonds. The fraction of sp³-hybridized carbons (Fsp3) is 0.238. The second-order valence-corrected chi connectivity index (χ2v) is 6.41. The van der Waals surface area contributed by atoms with E-state index in [1.807, 2.05) is 29.8 Å².